The maximum absolute atomic E-state index is 13.5. The van der Waals surface area contributed by atoms with Crippen LogP contribution in [0.25, 0.3) is 22.1 Å². The summed E-state index contributed by atoms with van der Waals surface area (Å²) in [6.45, 7) is 2.63. The van der Waals surface area contributed by atoms with Crippen molar-refractivity contribution in [2.24, 2.45) is 0 Å². The lowest BCUT2D eigenvalue weighted by atomic mass is 9.95. The van der Waals surface area contributed by atoms with Crippen LogP contribution >= 0.6 is 11.6 Å². The molecule has 3 aromatic rings. The molecule has 0 spiro atoms. The van der Waals surface area contributed by atoms with Crippen molar-refractivity contribution in [1.82, 2.24) is 4.90 Å². The molecule has 0 atom stereocenters. The van der Waals surface area contributed by atoms with Crippen LogP contribution in [0.4, 0.5) is 26.3 Å². The fourth-order valence-corrected chi connectivity index (χ4v) is 3.88. The van der Waals surface area contributed by atoms with Crippen molar-refractivity contribution in [3.05, 3.63) is 68.5 Å². The minimum Gasteiger partial charge on any atom is -0.451 e. The van der Waals surface area contributed by atoms with Gasteiger partial charge in [0, 0.05) is 30.3 Å². The first-order valence-electron chi connectivity index (χ1n) is 10.3. The smallest absolute Gasteiger partial charge is 0.449 e. The summed E-state index contributed by atoms with van der Waals surface area (Å²) in [4.78, 5) is 14.4. The van der Waals surface area contributed by atoms with Crippen LogP contribution < -0.4 is 5.43 Å². The van der Waals surface area contributed by atoms with Gasteiger partial charge < -0.3 is 9.15 Å². The summed E-state index contributed by atoms with van der Waals surface area (Å²) >= 11 is 5.72. The molecular formula is C24H16ClF6NO3. The minimum atomic E-state index is -4.99. The normalized spacial score (nSPS) is 15.2. The molecule has 184 valence electrons. The van der Waals surface area contributed by atoms with Crippen LogP contribution in [-0.4, -0.2) is 37.7 Å². The van der Waals surface area contributed by atoms with Gasteiger partial charge in [-0.2, -0.15) is 26.3 Å². The fourth-order valence-electron chi connectivity index (χ4n) is 3.65. The average molecular weight is 516 g/mol. The predicted molar refractivity (Wildman–Crippen MR) is 117 cm³/mol. The first-order chi connectivity index (χ1) is 16.4. The van der Waals surface area contributed by atoms with E-state index in [9.17, 15) is 31.1 Å². The van der Waals surface area contributed by atoms with Crippen LogP contribution in [0.5, 0.6) is 0 Å². The lowest BCUT2D eigenvalue weighted by Gasteiger charge is -2.24. The third kappa shape index (κ3) is 5.48. The van der Waals surface area contributed by atoms with Gasteiger partial charge in [-0.1, -0.05) is 29.5 Å². The van der Waals surface area contributed by atoms with Crippen molar-refractivity contribution < 1.29 is 35.5 Å². The molecule has 1 fully saturated rings. The van der Waals surface area contributed by atoms with Crippen LogP contribution in [0.2, 0.25) is 5.02 Å². The summed E-state index contributed by atoms with van der Waals surface area (Å²) < 4.78 is 90.9. The molecule has 35 heavy (non-hydrogen) atoms. The molecule has 0 radical (unpaired) electrons. The zero-order valence-electron chi connectivity index (χ0n) is 17.8. The molecule has 4 rings (SSSR count). The highest BCUT2D eigenvalue weighted by molar-refractivity contribution is 6.31. The van der Waals surface area contributed by atoms with Crippen LogP contribution in [0.15, 0.2) is 45.6 Å². The highest BCUT2D eigenvalue weighted by Crippen LogP contribution is 2.40. The first-order valence-corrected chi connectivity index (χ1v) is 10.7. The van der Waals surface area contributed by atoms with Crippen LogP contribution in [0.1, 0.15) is 16.9 Å². The number of hydrogen-bond acceptors (Lipinski definition) is 4. The van der Waals surface area contributed by atoms with Gasteiger partial charge >= 0.3 is 12.4 Å². The van der Waals surface area contributed by atoms with Gasteiger partial charge in [0.2, 0.25) is 5.76 Å². The van der Waals surface area contributed by atoms with Gasteiger partial charge in [-0.05, 0) is 29.8 Å². The minimum absolute atomic E-state index is 0.101. The number of benzene rings is 2. The van der Waals surface area contributed by atoms with E-state index < -0.39 is 39.7 Å². The standard InChI is InChI=1S/C24H16ClF6NO3/c25-18-6-4-15(12-17(18)23(26,27)28)21-14(2-1-7-32-8-10-34-11-9-32)3-5-16-19(33)13-20(24(29,30)31)35-22(16)21/h3-6,12-13H,7-11H2. The van der Waals surface area contributed by atoms with E-state index in [1.807, 2.05) is 4.90 Å². The van der Waals surface area contributed by atoms with Crippen LogP contribution in [-0.2, 0) is 17.1 Å². The Labute approximate surface area is 200 Å². The second kappa shape index (κ2) is 9.57. The molecule has 1 aliphatic rings. The average Bonchev–Trinajstić information content (AvgIpc) is 2.78. The van der Waals surface area contributed by atoms with E-state index in [0.29, 0.717) is 45.0 Å². The molecule has 0 unspecified atom stereocenters. The second-order valence-corrected chi connectivity index (χ2v) is 8.13. The van der Waals surface area contributed by atoms with Crippen molar-refractivity contribution in [2.75, 3.05) is 32.8 Å². The first kappa shape index (κ1) is 25.1. The largest absolute Gasteiger partial charge is 0.451 e. The zero-order valence-corrected chi connectivity index (χ0v) is 18.6. The van der Waals surface area contributed by atoms with E-state index in [1.54, 1.807) is 0 Å². The lowest BCUT2D eigenvalue weighted by molar-refractivity contribution is -0.152. The van der Waals surface area contributed by atoms with Gasteiger partial charge in [-0.3, -0.25) is 9.69 Å². The van der Waals surface area contributed by atoms with E-state index in [-0.39, 0.29) is 22.1 Å². The Kier molecular flexibility index (Phi) is 6.86. The molecule has 2 aromatic carbocycles. The SMILES string of the molecule is O=c1cc(C(F)(F)F)oc2c(-c3ccc(Cl)c(C(F)(F)F)c3)c(C#CCN3CCOCC3)ccc12. The quantitative estimate of drug-likeness (QED) is 0.318. The van der Waals surface area contributed by atoms with Gasteiger partial charge in [0.1, 0.15) is 5.58 Å². The Morgan fingerprint density at radius 2 is 1.69 bits per heavy atom. The van der Waals surface area contributed by atoms with Gasteiger partial charge in [-0.15, -0.1) is 0 Å². The number of morpholine rings is 1. The van der Waals surface area contributed by atoms with E-state index in [0.717, 1.165) is 6.07 Å². The molecule has 0 N–H and O–H groups in total. The second-order valence-electron chi connectivity index (χ2n) is 7.72. The van der Waals surface area contributed by atoms with Crippen molar-refractivity contribution in [3.63, 3.8) is 0 Å². The number of ether oxygens (including phenoxy) is 1. The molecule has 1 aromatic heterocycles. The molecule has 1 aliphatic heterocycles. The molecule has 0 aliphatic carbocycles. The number of hydrogen-bond donors (Lipinski definition) is 0. The third-order valence-corrected chi connectivity index (χ3v) is 5.70. The number of alkyl halides is 6. The maximum atomic E-state index is 13.5. The molecule has 1 saturated heterocycles. The molecule has 2 heterocycles. The lowest BCUT2D eigenvalue weighted by Crippen LogP contribution is -2.36. The zero-order chi connectivity index (χ0) is 25.4. The molecule has 0 amide bonds. The van der Waals surface area contributed by atoms with Gasteiger partial charge in [0.25, 0.3) is 0 Å². The van der Waals surface area contributed by atoms with Crippen LogP contribution in [0, 0.1) is 11.8 Å². The van der Waals surface area contributed by atoms with Gasteiger partial charge in [-0.25, -0.2) is 0 Å². The summed E-state index contributed by atoms with van der Waals surface area (Å²) in [5.41, 5.74) is -2.90. The predicted octanol–water partition coefficient (Wildman–Crippen LogP) is 5.83. The van der Waals surface area contributed by atoms with Gasteiger partial charge in [0.15, 0.2) is 5.43 Å². The number of nitrogens with zero attached hydrogens (tertiary/aromatic N) is 1. The van der Waals surface area contributed by atoms with Crippen molar-refractivity contribution in [1.29, 1.82) is 0 Å². The Hall–Kier alpha value is -3.00. The number of fused-ring (bicyclic) bond motifs is 1. The topological polar surface area (TPSA) is 42.7 Å². The molecule has 4 nitrogen and oxygen atoms in total. The van der Waals surface area contributed by atoms with E-state index >= 15 is 0 Å². The van der Waals surface area contributed by atoms with Crippen LogP contribution in [0.3, 0.4) is 0 Å². The molecule has 0 bridgehead atoms. The third-order valence-electron chi connectivity index (χ3n) is 5.37. The van der Waals surface area contributed by atoms with Crippen molar-refractivity contribution in [2.45, 2.75) is 12.4 Å². The molecular weight excluding hydrogens is 500 g/mol. The highest BCUT2D eigenvalue weighted by atomic mass is 35.5. The Morgan fingerprint density at radius 1 is 0.971 bits per heavy atom. The molecule has 0 saturated carbocycles. The van der Waals surface area contributed by atoms with E-state index in [2.05, 4.69) is 11.8 Å². The fraction of sp³-hybridized carbons (Fsp3) is 0.292. The summed E-state index contributed by atoms with van der Waals surface area (Å²) in [5.74, 6) is 4.13. The molecule has 11 heteroatoms. The summed E-state index contributed by atoms with van der Waals surface area (Å²) in [6.07, 6.45) is -9.81. The Bertz CT molecular complexity index is 1380. The van der Waals surface area contributed by atoms with E-state index in [1.165, 1.54) is 18.2 Å². The van der Waals surface area contributed by atoms with Crippen molar-refractivity contribution >= 4 is 22.6 Å². The van der Waals surface area contributed by atoms with Gasteiger partial charge in [0.05, 0.1) is 35.7 Å². The monoisotopic (exact) mass is 515 g/mol. The summed E-state index contributed by atoms with van der Waals surface area (Å²) in [7, 11) is 0. The summed E-state index contributed by atoms with van der Waals surface area (Å²) in [6, 6.07) is 5.80. The summed E-state index contributed by atoms with van der Waals surface area (Å²) in [5, 5.41) is -0.811. The Morgan fingerprint density at radius 3 is 2.34 bits per heavy atom. The highest BCUT2D eigenvalue weighted by Gasteiger charge is 2.36. The number of rotatable bonds is 2. The number of halogens is 7. The maximum Gasteiger partial charge on any atom is 0.449 e. The van der Waals surface area contributed by atoms with Crippen molar-refractivity contribution in [3.8, 4) is 23.0 Å². The van der Waals surface area contributed by atoms with E-state index in [4.69, 9.17) is 20.8 Å². The Balaban J connectivity index is 1.95.